The molecule has 0 bridgehead atoms. The molecular weight excluding hydrogens is 321 g/mol. The molecule has 2 aromatic carbocycles. The molecular formula is C19H20FN3O2. The molecule has 1 aliphatic rings. The summed E-state index contributed by atoms with van der Waals surface area (Å²) in [5.74, 6) is -0.247. The SMILES string of the molecule is CC(=O)N1CCc2ccc(NC(=O)NCc3ccc(F)cc3)cc2C1. The van der Waals surface area contributed by atoms with Gasteiger partial charge in [0.2, 0.25) is 5.91 Å². The van der Waals surface area contributed by atoms with Gasteiger partial charge in [-0.1, -0.05) is 18.2 Å². The number of carbonyl (C=O) groups is 2. The fraction of sp³-hybridized carbons (Fsp3) is 0.263. The van der Waals surface area contributed by atoms with Gasteiger partial charge in [-0.3, -0.25) is 4.79 Å². The van der Waals surface area contributed by atoms with Crippen LogP contribution in [-0.4, -0.2) is 23.4 Å². The molecule has 3 amide bonds. The summed E-state index contributed by atoms with van der Waals surface area (Å²) in [4.78, 5) is 25.4. The van der Waals surface area contributed by atoms with Crippen molar-refractivity contribution >= 4 is 17.6 Å². The van der Waals surface area contributed by atoms with Crippen LogP contribution >= 0.6 is 0 Å². The van der Waals surface area contributed by atoms with Gasteiger partial charge in [0.1, 0.15) is 5.82 Å². The van der Waals surface area contributed by atoms with E-state index < -0.39 is 0 Å². The normalized spacial score (nSPS) is 13.1. The minimum absolute atomic E-state index is 0.0565. The summed E-state index contributed by atoms with van der Waals surface area (Å²) in [5, 5.41) is 5.53. The van der Waals surface area contributed by atoms with Crippen LogP contribution in [-0.2, 0) is 24.3 Å². The van der Waals surface area contributed by atoms with Crippen LogP contribution in [0.15, 0.2) is 42.5 Å². The fourth-order valence-electron chi connectivity index (χ4n) is 2.86. The Bertz CT molecular complexity index is 790. The summed E-state index contributed by atoms with van der Waals surface area (Å²) in [6.07, 6.45) is 0.825. The number of amides is 3. The summed E-state index contributed by atoms with van der Waals surface area (Å²) < 4.78 is 12.9. The maximum absolute atomic E-state index is 12.9. The van der Waals surface area contributed by atoms with Crippen molar-refractivity contribution in [3.63, 3.8) is 0 Å². The third-order valence-corrected chi connectivity index (χ3v) is 4.29. The van der Waals surface area contributed by atoms with Gasteiger partial charge in [0, 0.05) is 32.2 Å². The third-order valence-electron chi connectivity index (χ3n) is 4.29. The van der Waals surface area contributed by atoms with Crippen LogP contribution in [0.3, 0.4) is 0 Å². The van der Waals surface area contributed by atoms with E-state index in [1.165, 1.54) is 17.7 Å². The highest BCUT2D eigenvalue weighted by Gasteiger charge is 2.18. The average Bonchev–Trinajstić information content (AvgIpc) is 2.60. The maximum Gasteiger partial charge on any atom is 0.319 e. The molecule has 0 saturated carbocycles. The van der Waals surface area contributed by atoms with Gasteiger partial charge >= 0.3 is 6.03 Å². The molecule has 5 nitrogen and oxygen atoms in total. The van der Waals surface area contributed by atoms with Crippen molar-refractivity contribution in [1.29, 1.82) is 0 Å². The standard InChI is InChI=1S/C19H20FN3O2/c1-13(24)23-9-8-15-4-7-18(10-16(15)12-23)22-19(25)21-11-14-2-5-17(20)6-3-14/h2-7,10H,8-9,11-12H2,1H3,(H2,21,22,25). The van der Waals surface area contributed by atoms with Gasteiger partial charge in [0.05, 0.1) is 0 Å². The molecule has 0 spiro atoms. The molecule has 0 aromatic heterocycles. The minimum Gasteiger partial charge on any atom is -0.338 e. The number of benzene rings is 2. The van der Waals surface area contributed by atoms with Gasteiger partial charge in [-0.05, 0) is 47.4 Å². The van der Waals surface area contributed by atoms with Crippen molar-refractivity contribution in [1.82, 2.24) is 10.2 Å². The second-order valence-corrected chi connectivity index (χ2v) is 6.11. The summed E-state index contributed by atoms with van der Waals surface area (Å²) in [6.45, 7) is 3.18. The van der Waals surface area contributed by atoms with Crippen LogP contribution in [0.5, 0.6) is 0 Å². The summed E-state index contributed by atoms with van der Waals surface area (Å²) in [5.41, 5.74) is 3.76. The van der Waals surface area contributed by atoms with Gasteiger partial charge in [-0.25, -0.2) is 9.18 Å². The number of urea groups is 1. The van der Waals surface area contributed by atoms with E-state index in [0.29, 0.717) is 18.8 Å². The number of anilines is 1. The topological polar surface area (TPSA) is 61.4 Å². The van der Waals surface area contributed by atoms with Crippen LogP contribution in [0.1, 0.15) is 23.6 Å². The molecule has 2 aromatic rings. The van der Waals surface area contributed by atoms with Crippen molar-refractivity contribution in [2.24, 2.45) is 0 Å². The minimum atomic E-state index is -0.330. The monoisotopic (exact) mass is 341 g/mol. The molecule has 1 heterocycles. The Morgan fingerprint density at radius 2 is 1.88 bits per heavy atom. The summed E-state index contributed by atoms with van der Waals surface area (Å²) >= 11 is 0. The average molecular weight is 341 g/mol. The van der Waals surface area contributed by atoms with E-state index in [-0.39, 0.29) is 17.8 Å². The number of fused-ring (bicyclic) bond motifs is 1. The Morgan fingerprint density at radius 1 is 1.12 bits per heavy atom. The molecule has 6 heteroatoms. The number of halogens is 1. The molecule has 130 valence electrons. The number of hydrogen-bond acceptors (Lipinski definition) is 2. The van der Waals surface area contributed by atoms with Gasteiger partial charge in [0.15, 0.2) is 0 Å². The van der Waals surface area contributed by atoms with Crippen LogP contribution in [0, 0.1) is 5.82 Å². The third kappa shape index (κ3) is 4.35. The highest BCUT2D eigenvalue weighted by Crippen LogP contribution is 2.22. The predicted molar refractivity (Wildman–Crippen MR) is 93.5 cm³/mol. The maximum atomic E-state index is 12.9. The first-order valence-electron chi connectivity index (χ1n) is 8.18. The number of nitrogens with one attached hydrogen (secondary N) is 2. The first kappa shape index (κ1) is 17.0. The molecule has 0 unspecified atom stereocenters. The van der Waals surface area contributed by atoms with Crippen LogP contribution in [0.4, 0.5) is 14.9 Å². The zero-order valence-electron chi connectivity index (χ0n) is 14.0. The summed E-state index contributed by atoms with van der Waals surface area (Å²) in [7, 11) is 0. The molecule has 2 N–H and O–H groups in total. The van der Waals surface area contributed by atoms with Crippen LogP contribution < -0.4 is 10.6 Å². The van der Waals surface area contributed by atoms with E-state index >= 15 is 0 Å². The van der Waals surface area contributed by atoms with Crippen molar-refractivity contribution in [2.75, 3.05) is 11.9 Å². The molecule has 0 fully saturated rings. The number of rotatable bonds is 3. The zero-order valence-corrected chi connectivity index (χ0v) is 14.0. The fourth-order valence-corrected chi connectivity index (χ4v) is 2.86. The molecule has 25 heavy (non-hydrogen) atoms. The van der Waals surface area contributed by atoms with Gasteiger partial charge in [0.25, 0.3) is 0 Å². The quantitative estimate of drug-likeness (QED) is 0.901. The lowest BCUT2D eigenvalue weighted by Gasteiger charge is -2.28. The second-order valence-electron chi connectivity index (χ2n) is 6.11. The lowest BCUT2D eigenvalue weighted by atomic mass is 9.99. The van der Waals surface area contributed by atoms with Crippen molar-refractivity contribution < 1.29 is 14.0 Å². The Balaban J connectivity index is 1.59. The number of nitrogens with zero attached hydrogens (tertiary/aromatic N) is 1. The lowest BCUT2D eigenvalue weighted by molar-refractivity contribution is -0.129. The molecule has 3 rings (SSSR count). The van der Waals surface area contributed by atoms with Crippen molar-refractivity contribution in [2.45, 2.75) is 26.4 Å². The van der Waals surface area contributed by atoms with Gasteiger partial charge in [-0.15, -0.1) is 0 Å². The second kappa shape index (κ2) is 7.34. The Hall–Kier alpha value is -2.89. The summed E-state index contributed by atoms with van der Waals surface area (Å²) in [6, 6.07) is 11.4. The van der Waals surface area contributed by atoms with E-state index in [1.807, 2.05) is 18.2 Å². The highest BCUT2D eigenvalue weighted by atomic mass is 19.1. The largest absolute Gasteiger partial charge is 0.338 e. The Morgan fingerprint density at radius 3 is 2.60 bits per heavy atom. The zero-order chi connectivity index (χ0) is 17.8. The number of hydrogen-bond donors (Lipinski definition) is 2. The first-order valence-corrected chi connectivity index (χ1v) is 8.18. The van der Waals surface area contributed by atoms with Crippen LogP contribution in [0.2, 0.25) is 0 Å². The smallest absolute Gasteiger partial charge is 0.319 e. The molecule has 0 aliphatic carbocycles. The van der Waals surface area contributed by atoms with E-state index in [9.17, 15) is 14.0 Å². The van der Waals surface area contributed by atoms with Crippen molar-refractivity contribution in [3.8, 4) is 0 Å². The Kier molecular flexibility index (Phi) is 4.97. The van der Waals surface area contributed by atoms with Crippen LogP contribution in [0.25, 0.3) is 0 Å². The first-order chi connectivity index (χ1) is 12.0. The van der Waals surface area contributed by atoms with E-state index in [0.717, 1.165) is 24.1 Å². The van der Waals surface area contributed by atoms with Gasteiger partial charge < -0.3 is 15.5 Å². The van der Waals surface area contributed by atoms with E-state index in [1.54, 1.807) is 24.0 Å². The Labute approximate surface area is 145 Å². The highest BCUT2D eigenvalue weighted by molar-refractivity contribution is 5.89. The lowest BCUT2D eigenvalue weighted by Crippen LogP contribution is -2.34. The van der Waals surface area contributed by atoms with E-state index in [2.05, 4.69) is 10.6 Å². The van der Waals surface area contributed by atoms with Gasteiger partial charge in [-0.2, -0.15) is 0 Å². The number of carbonyl (C=O) groups excluding carboxylic acids is 2. The van der Waals surface area contributed by atoms with E-state index in [4.69, 9.17) is 0 Å². The molecule has 0 radical (unpaired) electrons. The predicted octanol–water partition coefficient (Wildman–Crippen LogP) is 3.05. The molecule has 0 atom stereocenters. The molecule has 0 saturated heterocycles. The van der Waals surface area contributed by atoms with Crippen molar-refractivity contribution in [3.05, 3.63) is 65.0 Å². The molecule has 1 aliphatic heterocycles.